The molecule has 0 saturated heterocycles. The number of nitrogens with one attached hydrogen (secondary N) is 1. The maximum atomic E-state index is 14.2. The first-order chi connectivity index (χ1) is 9.54. The third-order valence-corrected chi connectivity index (χ3v) is 5.07. The molecule has 0 aliphatic carbocycles. The zero-order valence-electron chi connectivity index (χ0n) is 10.9. The summed E-state index contributed by atoms with van der Waals surface area (Å²) in [5.41, 5.74) is 1.98. The summed E-state index contributed by atoms with van der Waals surface area (Å²) in [4.78, 5) is 13.4. The van der Waals surface area contributed by atoms with Gasteiger partial charge in [-0.3, -0.25) is 4.79 Å². The Morgan fingerprint density at radius 1 is 1.35 bits per heavy atom. The standard InChI is InChI=1S/C15H13ClFNOS/c1-8-2-4-13(20-8)15(16)10-6-9-3-5-14(19)18-12(9)7-11(10)17/h2,4,6-7,15H,3,5H2,1H3,(H,18,19). The minimum atomic E-state index is -0.489. The average Bonchev–Trinajstić information content (AvgIpc) is 2.84. The van der Waals surface area contributed by atoms with E-state index in [2.05, 4.69) is 5.32 Å². The van der Waals surface area contributed by atoms with Crippen LogP contribution in [0, 0.1) is 12.7 Å². The number of hydrogen-bond donors (Lipinski definition) is 1. The highest BCUT2D eigenvalue weighted by Gasteiger charge is 2.22. The van der Waals surface area contributed by atoms with E-state index < -0.39 is 5.38 Å². The van der Waals surface area contributed by atoms with Gasteiger partial charge in [-0.1, -0.05) is 0 Å². The van der Waals surface area contributed by atoms with E-state index in [9.17, 15) is 9.18 Å². The Bertz CT molecular complexity index is 683. The molecule has 0 radical (unpaired) electrons. The van der Waals surface area contributed by atoms with Crippen molar-refractivity contribution in [2.75, 3.05) is 5.32 Å². The lowest BCUT2D eigenvalue weighted by Crippen LogP contribution is -2.19. The second-order valence-electron chi connectivity index (χ2n) is 4.89. The van der Waals surface area contributed by atoms with Gasteiger partial charge in [-0.15, -0.1) is 22.9 Å². The number of alkyl halides is 1. The van der Waals surface area contributed by atoms with Crippen LogP contribution in [-0.2, 0) is 11.2 Å². The van der Waals surface area contributed by atoms with Crippen LogP contribution in [0.4, 0.5) is 10.1 Å². The Hall–Kier alpha value is -1.39. The molecule has 1 N–H and O–H groups in total. The van der Waals surface area contributed by atoms with Crippen molar-refractivity contribution in [2.24, 2.45) is 0 Å². The Morgan fingerprint density at radius 2 is 2.15 bits per heavy atom. The molecule has 1 atom stereocenters. The Balaban J connectivity index is 2.00. The molecule has 1 unspecified atom stereocenters. The molecular weight excluding hydrogens is 297 g/mol. The smallest absolute Gasteiger partial charge is 0.224 e. The van der Waals surface area contributed by atoms with Crippen LogP contribution in [0.1, 0.15) is 32.7 Å². The van der Waals surface area contributed by atoms with E-state index in [0.717, 1.165) is 15.3 Å². The van der Waals surface area contributed by atoms with E-state index in [-0.39, 0.29) is 11.7 Å². The van der Waals surface area contributed by atoms with Gasteiger partial charge in [0.05, 0.1) is 5.38 Å². The maximum Gasteiger partial charge on any atom is 0.224 e. The van der Waals surface area contributed by atoms with Crippen molar-refractivity contribution in [1.82, 2.24) is 0 Å². The van der Waals surface area contributed by atoms with Crippen LogP contribution in [0.2, 0.25) is 0 Å². The van der Waals surface area contributed by atoms with E-state index in [1.165, 1.54) is 6.07 Å². The number of carbonyl (C=O) groups excluding carboxylic acids is 1. The van der Waals surface area contributed by atoms with E-state index in [4.69, 9.17) is 11.6 Å². The molecule has 20 heavy (non-hydrogen) atoms. The molecule has 2 aromatic rings. The molecular formula is C15H13ClFNOS. The predicted molar refractivity (Wildman–Crippen MR) is 80.1 cm³/mol. The SMILES string of the molecule is Cc1ccc(C(Cl)c2cc3c(cc2F)NC(=O)CC3)s1. The second-order valence-corrected chi connectivity index (χ2v) is 6.65. The fourth-order valence-electron chi connectivity index (χ4n) is 2.36. The first kappa shape index (κ1) is 13.6. The first-order valence-corrected chi connectivity index (χ1v) is 7.62. The summed E-state index contributed by atoms with van der Waals surface area (Å²) >= 11 is 7.97. The van der Waals surface area contributed by atoms with Gasteiger partial charge in [0.2, 0.25) is 5.91 Å². The van der Waals surface area contributed by atoms with E-state index >= 15 is 0 Å². The van der Waals surface area contributed by atoms with E-state index in [1.54, 1.807) is 17.4 Å². The summed E-state index contributed by atoms with van der Waals surface area (Å²) < 4.78 is 14.2. The van der Waals surface area contributed by atoms with Gasteiger partial charge in [0.1, 0.15) is 5.82 Å². The number of aryl methyl sites for hydroxylation is 2. The number of fused-ring (bicyclic) bond motifs is 1. The third-order valence-electron chi connectivity index (χ3n) is 3.40. The summed E-state index contributed by atoms with van der Waals surface area (Å²) in [6, 6.07) is 7.05. The van der Waals surface area contributed by atoms with Gasteiger partial charge < -0.3 is 5.32 Å². The summed E-state index contributed by atoms with van der Waals surface area (Å²) in [7, 11) is 0. The predicted octanol–water partition coefficient (Wildman–Crippen LogP) is 4.41. The number of anilines is 1. The Labute approximate surface area is 125 Å². The van der Waals surface area contributed by atoms with Crippen LogP contribution in [0.5, 0.6) is 0 Å². The van der Waals surface area contributed by atoms with Gasteiger partial charge in [0, 0.05) is 27.4 Å². The molecule has 5 heteroatoms. The number of carbonyl (C=O) groups is 1. The number of hydrogen-bond acceptors (Lipinski definition) is 2. The Morgan fingerprint density at radius 3 is 2.85 bits per heavy atom. The van der Waals surface area contributed by atoms with E-state index in [1.807, 2.05) is 19.1 Å². The molecule has 0 saturated carbocycles. The number of thiophene rings is 1. The molecule has 1 aromatic carbocycles. The normalized spacial score (nSPS) is 15.7. The van der Waals surface area contributed by atoms with Gasteiger partial charge in [-0.2, -0.15) is 0 Å². The lowest BCUT2D eigenvalue weighted by atomic mass is 9.98. The van der Waals surface area contributed by atoms with Crippen molar-refractivity contribution >= 4 is 34.5 Å². The quantitative estimate of drug-likeness (QED) is 0.818. The summed E-state index contributed by atoms with van der Waals surface area (Å²) in [5.74, 6) is -0.446. The highest BCUT2D eigenvalue weighted by molar-refractivity contribution is 7.12. The van der Waals surface area contributed by atoms with E-state index in [0.29, 0.717) is 24.1 Å². The Kier molecular flexibility index (Phi) is 3.52. The minimum Gasteiger partial charge on any atom is -0.326 e. The largest absolute Gasteiger partial charge is 0.326 e. The monoisotopic (exact) mass is 309 g/mol. The van der Waals surface area contributed by atoms with Gasteiger partial charge in [0.15, 0.2) is 0 Å². The number of amides is 1. The summed E-state index contributed by atoms with van der Waals surface area (Å²) in [6.07, 6.45) is 1.06. The van der Waals surface area contributed by atoms with Crippen LogP contribution in [0.3, 0.4) is 0 Å². The summed E-state index contributed by atoms with van der Waals surface area (Å²) in [6.45, 7) is 2.00. The van der Waals surface area contributed by atoms with Gasteiger partial charge in [-0.25, -0.2) is 4.39 Å². The molecule has 2 heterocycles. The highest BCUT2D eigenvalue weighted by atomic mass is 35.5. The maximum absolute atomic E-state index is 14.2. The molecule has 1 amide bonds. The zero-order chi connectivity index (χ0) is 14.3. The van der Waals surface area contributed by atoms with Gasteiger partial charge in [-0.05, 0) is 43.2 Å². The third kappa shape index (κ3) is 2.45. The van der Waals surface area contributed by atoms with Crippen molar-refractivity contribution < 1.29 is 9.18 Å². The minimum absolute atomic E-state index is 0.0686. The molecule has 1 aliphatic heterocycles. The van der Waals surface area contributed by atoms with Crippen molar-refractivity contribution in [3.63, 3.8) is 0 Å². The number of halogens is 2. The molecule has 2 nitrogen and oxygen atoms in total. The van der Waals surface area contributed by atoms with Crippen molar-refractivity contribution in [3.05, 3.63) is 51.0 Å². The van der Waals surface area contributed by atoms with Gasteiger partial charge >= 0.3 is 0 Å². The van der Waals surface area contributed by atoms with Crippen LogP contribution in [0.15, 0.2) is 24.3 Å². The molecule has 0 spiro atoms. The lowest BCUT2D eigenvalue weighted by molar-refractivity contribution is -0.116. The van der Waals surface area contributed by atoms with Crippen LogP contribution >= 0.6 is 22.9 Å². The molecule has 104 valence electrons. The van der Waals surface area contributed by atoms with Crippen LogP contribution in [-0.4, -0.2) is 5.91 Å². The number of benzene rings is 1. The topological polar surface area (TPSA) is 29.1 Å². The van der Waals surface area contributed by atoms with Crippen molar-refractivity contribution in [1.29, 1.82) is 0 Å². The summed E-state index contributed by atoms with van der Waals surface area (Å²) in [5, 5.41) is 2.20. The first-order valence-electron chi connectivity index (χ1n) is 6.37. The van der Waals surface area contributed by atoms with Crippen LogP contribution in [0.25, 0.3) is 0 Å². The molecule has 0 fully saturated rings. The fraction of sp³-hybridized carbons (Fsp3) is 0.267. The lowest BCUT2D eigenvalue weighted by Gasteiger charge is -2.19. The van der Waals surface area contributed by atoms with Crippen molar-refractivity contribution in [3.8, 4) is 0 Å². The number of rotatable bonds is 2. The van der Waals surface area contributed by atoms with Crippen molar-refractivity contribution in [2.45, 2.75) is 25.1 Å². The molecule has 1 aromatic heterocycles. The second kappa shape index (κ2) is 5.19. The van der Waals surface area contributed by atoms with Crippen LogP contribution < -0.4 is 5.32 Å². The fourth-order valence-corrected chi connectivity index (χ4v) is 3.61. The molecule has 3 rings (SSSR count). The highest BCUT2D eigenvalue weighted by Crippen LogP contribution is 2.37. The molecule has 0 bridgehead atoms. The van der Waals surface area contributed by atoms with Gasteiger partial charge in [0.25, 0.3) is 0 Å². The zero-order valence-corrected chi connectivity index (χ0v) is 12.4. The molecule has 1 aliphatic rings. The average molecular weight is 310 g/mol.